The maximum Gasteiger partial charge on any atom is 0.113 e. The molecule has 0 saturated carbocycles. The lowest BCUT2D eigenvalue weighted by molar-refractivity contribution is -0.00679. The van der Waals surface area contributed by atoms with Crippen molar-refractivity contribution in [1.29, 1.82) is 0 Å². The van der Waals surface area contributed by atoms with E-state index in [2.05, 4.69) is 94.1 Å². The van der Waals surface area contributed by atoms with E-state index < -0.39 is 6.10 Å². The molecule has 0 aliphatic carbocycles. The number of benzene rings is 3. The minimum Gasteiger partial charge on any atom is -0.390 e. The molecule has 2 unspecified atom stereocenters. The van der Waals surface area contributed by atoms with Gasteiger partial charge in [-0.3, -0.25) is 9.80 Å². The van der Waals surface area contributed by atoms with Crippen LogP contribution in [0, 0.1) is 6.92 Å². The van der Waals surface area contributed by atoms with Crippen LogP contribution in [0.4, 0.5) is 0 Å². The molecule has 1 aliphatic heterocycles. The van der Waals surface area contributed by atoms with Gasteiger partial charge in [-0.15, -0.1) is 0 Å². The van der Waals surface area contributed by atoms with Gasteiger partial charge >= 0.3 is 0 Å². The minimum atomic E-state index is -0.472. The summed E-state index contributed by atoms with van der Waals surface area (Å²) in [6, 6.07) is 25.9. The average molecular weight is 414 g/mol. The van der Waals surface area contributed by atoms with Crippen LogP contribution in [0.1, 0.15) is 24.2 Å². The van der Waals surface area contributed by atoms with Crippen LogP contribution in [0.5, 0.6) is 0 Å². The molecule has 2 atom stereocenters. The molecule has 0 amide bonds. The van der Waals surface area contributed by atoms with Gasteiger partial charge in [0.1, 0.15) is 6.17 Å². The number of piperazine rings is 1. The molecule has 4 aromatic rings. The summed E-state index contributed by atoms with van der Waals surface area (Å²) >= 11 is 0. The third kappa shape index (κ3) is 3.87. The van der Waals surface area contributed by atoms with Gasteiger partial charge < -0.3 is 9.67 Å². The van der Waals surface area contributed by atoms with Crippen molar-refractivity contribution in [2.75, 3.05) is 26.2 Å². The number of aromatic nitrogens is 1. The second-order valence-electron chi connectivity index (χ2n) is 8.86. The fourth-order valence-corrected chi connectivity index (χ4v) is 5.11. The topological polar surface area (TPSA) is 31.6 Å². The van der Waals surface area contributed by atoms with Crippen molar-refractivity contribution in [2.24, 2.45) is 0 Å². The fourth-order valence-electron chi connectivity index (χ4n) is 5.11. The standard InChI is InChI=1S/C27H31N3O/c1-20-12-13-24-23-10-6-7-11-25(23)30(26(24)18-20)27(21(2)31)29-16-14-28(15-17-29)19-22-8-4-3-5-9-22/h3-13,18,21,27,31H,14-17,19H2,1-2H3. The summed E-state index contributed by atoms with van der Waals surface area (Å²) in [5, 5.41) is 13.5. The molecule has 31 heavy (non-hydrogen) atoms. The van der Waals surface area contributed by atoms with Crippen molar-refractivity contribution < 1.29 is 5.11 Å². The molecule has 1 aliphatic rings. The first-order valence-corrected chi connectivity index (χ1v) is 11.3. The van der Waals surface area contributed by atoms with Crippen LogP contribution in [0.25, 0.3) is 21.8 Å². The van der Waals surface area contributed by atoms with Crippen molar-refractivity contribution in [3.05, 3.63) is 83.9 Å². The van der Waals surface area contributed by atoms with Gasteiger partial charge in [-0.05, 0) is 37.1 Å². The lowest BCUT2D eigenvalue weighted by Gasteiger charge is -2.41. The van der Waals surface area contributed by atoms with Gasteiger partial charge in [0.15, 0.2) is 0 Å². The Bertz CT molecular complexity index is 1170. The van der Waals surface area contributed by atoms with Gasteiger partial charge in [-0.1, -0.05) is 60.7 Å². The number of hydrogen-bond acceptors (Lipinski definition) is 3. The Kier molecular flexibility index (Phi) is 5.53. The molecule has 0 radical (unpaired) electrons. The van der Waals surface area contributed by atoms with Crippen LogP contribution in [0.15, 0.2) is 72.8 Å². The molecule has 0 spiro atoms. The van der Waals surface area contributed by atoms with E-state index in [1.54, 1.807) is 0 Å². The quantitative estimate of drug-likeness (QED) is 0.510. The minimum absolute atomic E-state index is 0.0805. The molecule has 1 fully saturated rings. The summed E-state index contributed by atoms with van der Waals surface area (Å²) in [6.45, 7) is 8.97. The molecular formula is C27H31N3O. The molecule has 0 bridgehead atoms. The highest BCUT2D eigenvalue weighted by molar-refractivity contribution is 6.08. The number of aliphatic hydroxyl groups is 1. The number of para-hydroxylation sites is 1. The maximum absolute atomic E-state index is 10.9. The summed E-state index contributed by atoms with van der Waals surface area (Å²) in [5.41, 5.74) is 5.01. The molecule has 160 valence electrons. The van der Waals surface area contributed by atoms with E-state index in [0.29, 0.717) is 0 Å². The van der Waals surface area contributed by atoms with Crippen LogP contribution < -0.4 is 0 Å². The first-order chi connectivity index (χ1) is 15.1. The number of nitrogens with zero attached hydrogens (tertiary/aromatic N) is 3. The summed E-state index contributed by atoms with van der Waals surface area (Å²) in [6.07, 6.45) is -0.553. The lowest BCUT2D eigenvalue weighted by atomic mass is 10.1. The van der Waals surface area contributed by atoms with Gasteiger partial charge in [0.25, 0.3) is 0 Å². The van der Waals surface area contributed by atoms with Gasteiger partial charge in [0.05, 0.1) is 17.1 Å². The molecule has 1 saturated heterocycles. The summed E-state index contributed by atoms with van der Waals surface area (Å²) < 4.78 is 2.37. The molecule has 1 aromatic heterocycles. The van der Waals surface area contributed by atoms with Crippen LogP contribution in [-0.4, -0.2) is 51.8 Å². The van der Waals surface area contributed by atoms with Crippen molar-refractivity contribution in [3.63, 3.8) is 0 Å². The molecular weight excluding hydrogens is 382 g/mol. The van der Waals surface area contributed by atoms with Gasteiger partial charge in [-0.25, -0.2) is 0 Å². The smallest absolute Gasteiger partial charge is 0.113 e. The average Bonchev–Trinajstić information content (AvgIpc) is 3.09. The van der Waals surface area contributed by atoms with E-state index in [9.17, 15) is 5.11 Å². The van der Waals surface area contributed by atoms with Crippen molar-refractivity contribution in [1.82, 2.24) is 14.4 Å². The second-order valence-corrected chi connectivity index (χ2v) is 8.86. The zero-order chi connectivity index (χ0) is 21.4. The molecule has 2 heterocycles. The van der Waals surface area contributed by atoms with Crippen molar-refractivity contribution in [2.45, 2.75) is 32.7 Å². The second kappa shape index (κ2) is 8.46. The Morgan fingerprint density at radius 3 is 2.23 bits per heavy atom. The van der Waals surface area contributed by atoms with E-state index >= 15 is 0 Å². The predicted octanol–water partition coefficient (Wildman–Crippen LogP) is 4.80. The number of hydrogen-bond donors (Lipinski definition) is 1. The van der Waals surface area contributed by atoms with E-state index in [1.807, 2.05) is 6.92 Å². The normalized spacial score (nSPS) is 17.9. The Hall–Kier alpha value is -2.66. The summed E-state index contributed by atoms with van der Waals surface area (Å²) in [4.78, 5) is 4.97. The first kappa shape index (κ1) is 20.3. The highest BCUT2D eigenvalue weighted by Gasteiger charge is 2.30. The Morgan fingerprint density at radius 2 is 1.48 bits per heavy atom. The number of aliphatic hydroxyl groups excluding tert-OH is 1. The molecule has 5 rings (SSSR count). The SMILES string of the molecule is Cc1ccc2c3ccccc3n(C(C(C)O)N3CCN(Cc4ccccc4)CC3)c2c1. The van der Waals surface area contributed by atoms with E-state index in [4.69, 9.17) is 0 Å². The highest BCUT2D eigenvalue weighted by atomic mass is 16.3. The number of rotatable bonds is 5. The Morgan fingerprint density at radius 1 is 0.806 bits per heavy atom. The summed E-state index contributed by atoms with van der Waals surface area (Å²) in [5.74, 6) is 0. The first-order valence-electron chi connectivity index (χ1n) is 11.3. The molecule has 4 nitrogen and oxygen atoms in total. The number of aryl methyl sites for hydroxylation is 1. The predicted molar refractivity (Wildman–Crippen MR) is 128 cm³/mol. The Balaban J connectivity index is 1.47. The van der Waals surface area contributed by atoms with Crippen molar-refractivity contribution in [3.8, 4) is 0 Å². The third-order valence-electron chi connectivity index (χ3n) is 6.59. The van der Waals surface area contributed by atoms with Crippen LogP contribution in [-0.2, 0) is 6.54 Å². The third-order valence-corrected chi connectivity index (χ3v) is 6.59. The molecule has 4 heteroatoms. The lowest BCUT2D eigenvalue weighted by Crippen LogP contribution is -2.50. The molecule has 3 aromatic carbocycles. The maximum atomic E-state index is 10.9. The highest BCUT2D eigenvalue weighted by Crippen LogP contribution is 2.35. The molecule has 1 N–H and O–H groups in total. The number of fused-ring (bicyclic) bond motifs is 3. The monoisotopic (exact) mass is 413 g/mol. The summed E-state index contributed by atoms with van der Waals surface area (Å²) in [7, 11) is 0. The van der Waals surface area contributed by atoms with Crippen LogP contribution >= 0.6 is 0 Å². The van der Waals surface area contributed by atoms with E-state index in [1.165, 1.54) is 32.9 Å². The van der Waals surface area contributed by atoms with E-state index in [0.717, 1.165) is 32.7 Å². The zero-order valence-electron chi connectivity index (χ0n) is 18.4. The van der Waals surface area contributed by atoms with Gasteiger partial charge in [0, 0.05) is 43.5 Å². The van der Waals surface area contributed by atoms with E-state index in [-0.39, 0.29) is 6.17 Å². The van der Waals surface area contributed by atoms with Crippen molar-refractivity contribution >= 4 is 21.8 Å². The van der Waals surface area contributed by atoms with Gasteiger partial charge in [-0.2, -0.15) is 0 Å². The fraction of sp³-hybridized carbons (Fsp3) is 0.333. The zero-order valence-corrected chi connectivity index (χ0v) is 18.4. The van der Waals surface area contributed by atoms with Crippen LogP contribution in [0.2, 0.25) is 0 Å². The van der Waals surface area contributed by atoms with Gasteiger partial charge in [0.2, 0.25) is 0 Å². The van der Waals surface area contributed by atoms with Crippen LogP contribution in [0.3, 0.4) is 0 Å². The Labute approximate surface area is 184 Å². The largest absolute Gasteiger partial charge is 0.390 e.